The third-order valence-electron chi connectivity index (χ3n) is 3.04. The number of imidazole rings is 1. The summed E-state index contributed by atoms with van der Waals surface area (Å²) in [5.41, 5.74) is 2.44. The van der Waals surface area contributed by atoms with Gasteiger partial charge < -0.3 is 9.88 Å². The molecule has 0 fully saturated rings. The second-order valence-electron chi connectivity index (χ2n) is 4.47. The average Bonchev–Trinajstić information content (AvgIpc) is 2.85. The maximum atomic E-state index is 4.20. The molecule has 0 radical (unpaired) electrons. The van der Waals surface area contributed by atoms with Crippen LogP contribution in [0.15, 0.2) is 37.1 Å². The van der Waals surface area contributed by atoms with Gasteiger partial charge in [0, 0.05) is 37.7 Å². The SMILES string of the molecule is CCCn1cncc1CNC(C)c1cccnc1. The van der Waals surface area contributed by atoms with E-state index in [9.17, 15) is 0 Å². The van der Waals surface area contributed by atoms with Gasteiger partial charge in [-0.25, -0.2) is 4.98 Å². The molecule has 0 amide bonds. The van der Waals surface area contributed by atoms with E-state index in [2.05, 4.69) is 39.8 Å². The number of hydrogen-bond donors (Lipinski definition) is 1. The first-order chi connectivity index (χ1) is 8.81. The van der Waals surface area contributed by atoms with E-state index in [1.54, 1.807) is 6.20 Å². The zero-order valence-corrected chi connectivity index (χ0v) is 11.0. The molecule has 1 N–H and O–H groups in total. The van der Waals surface area contributed by atoms with Crippen molar-refractivity contribution in [3.63, 3.8) is 0 Å². The van der Waals surface area contributed by atoms with Crippen molar-refractivity contribution in [2.24, 2.45) is 0 Å². The van der Waals surface area contributed by atoms with E-state index in [1.807, 2.05) is 24.8 Å². The Kier molecular flexibility index (Phi) is 4.47. The van der Waals surface area contributed by atoms with Crippen molar-refractivity contribution in [2.75, 3.05) is 0 Å². The van der Waals surface area contributed by atoms with Crippen LogP contribution < -0.4 is 5.32 Å². The molecule has 0 saturated carbocycles. The minimum Gasteiger partial charge on any atom is -0.333 e. The molecule has 0 bridgehead atoms. The molecule has 2 aromatic rings. The molecule has 2 aromatic heterocycles. The molecule has 4 heteroatoms. The molecule has 0 spiro atoms. The highest BCUT2D eigenvalue weighted by molar-refractivity contribution is 5.13. The topological polar surface area (TPSA) is 42.7 Å². The molecule has 0 aliphatic rings. The van der Waals surface area contributed by atoms with E-state index >= 15 is 0 Å². The number of nitrogens with one attached hydrogen (secondary N) is 1. The fourth-order valence-electron chi connectivity index (χ4n) is 1.95. The Hall–Kier alpha value is -1.68. The van der Waals surface area contributed by atoms with E-state index in [0.717, 1.165) is 19.5 Å². The van der Waals surface area contributed by atoms with E-state index < -0.39 is 0 Å². The summed E-state index contributed by atoms with van der Waals surface area (Å²) in [4.78, 5) is 8.34. The third kappa shape index (κ3) is 3.17. The van der Waals surface area contributed by atoms with Crippen LogP contribution in [0.2, 0.25) is 0 Å². The minimum atomic E-state index is 0.295. The molecule has 0 aliphatic carbocycles. The highest BCUT2D eigenvalue weighted by Crippen LogP contribution is 2.11. The highest BCUT2D eigenvalue weighted by atomic mass is 15.1. The van der Waals surface area contributed by atoms with Crippen molar-refractivity contribution in [2.45, 2.75) is 39.4 Å². The predicted octanol–water partition coefficient (Wildman–Crippen LogP) is 2.54. The second kappa shape index (κ2) is 6.31. The lowest BCUT2D eigenvalue weighted by Crippen LogP contribution is -2.20. The Balaban J connectivity index is 1.93. The van der Waals surface area contributed by atoms with Crippen LogP contribution in [0.4, 0.5) is 0 Å². The van der Waals surface area contributed by atoms with Gasteiger partial charge in [-0.2, -0.15) is 0 Å². The average molecular weight is 244 g/mol. The van der Waals surface area contributed by atoms with Gasteiger partial charge in [-0.05, 0) is 25.0 Å². The largest absolute Gasteiger partial charge is 0.333 e. The standard InChI is InChI=1S/C14H20N4/c1-3-7-18-11-16-9-14(18)10-17-12(2)13-5-4-6-15-8-13/h4-6,8-9,11-12,17H,3,7,10H2,1-2H3. The molecule has 4 nitrogen and oxygen atoms in total. The van der Waals surface area contributed by atoms with E-state index in [4.69, 9.17) is 0 Å². The van der Waals surface area contributed by atoms with Crippen molar-refractivity contribution in [3.8, 4) is 0 Å². The molecule has 1 unspecified atom stereocenters. The fraction of sp³-hybridized carbons (Fsp3) is 0.429. The van der Waals surface area contributed by atoms with Gasteiger partial charge in [0.25, 0.3) is 0 Å². The summed E-state index contributed by atoms with van der Waals surface area (Å²) in [5.74, 6) is 0. The summed E-state index contributed by atoms with van der Waals surface area (Å²) < 4.78 is 2.20. The molecule has 2 rings (SSSR count). The summed E-state index contributed by atoms with van der Waals surface area (Å²) in [5, 5.41) is 3.50. The van der Waals surface area contributed by atoms with Gasteiger partial charge in [-0.3, -0.25) is 4.98 Å². The van der Waals surface area contributed by atoms with Crippen LogP contribution in [0.1, 0.15) is 37.6 Å². The van der Waals surface area contributed by atoms with Gasteiger partial charge >= 0.3 is 0 Å². The lowest BCUT2D eigenvalue weighted by Gasteiger charge is -2.14. The van der Waals surface area contributed by atoms with Crippen LogP contribution in [0, 0.1) is 0 Å². The zero-order chi connectivity index (χ0) is 12.8. The van der Waals surface area contributed by atoms with Gasteiger partial charge in [0.2, 0.25) is 0 Å². The highest BCUT2D eigenvalue weighted by Gasteiger charge is 2.06. The zero-order valence-electron chi connectivity index (χ0n) is 11.0. The number of pyridine rings is 1. The first-order valence-electron chi connectivity index (χ1n) is 6.43. The molecule has 1 atom stereocenters. The van der Waals surface area contributed by atoms with Gasteiger partial charge in [0.05, 0.1) is 12.0 Å². The van der Waals surface area contributed by atoms with E-state index in [-0.39, 0.29) is 0 Å². The number of nitrogens with zero attached hydrogens (tertiary/aromatic N) is 3. The van der Waals surface area contributed by atoms with Gasteiger partial charge in [-0.15, -0.1) is 0 Å². The van der Waals surface area contributed by atoms with E-state index in [0.29, 0.717) is 6.04 Å². The third-order valence-corrected chi connectivity index (χ3v) is 3.04. The Morgan fingerprint density at radius 1 is 1.33 bits per heavy atom. The van der Waals surface area contributed by atoms with Gasteiger partial charge in [0.1, 0.15) is 0 Å². The molecule has 0 aromatic carbocycles. The summed E-state index contributed by atoms with van der Waals surface area (Å²) in [7, 11) is 0. The van der Waals surface area contributed by atoms with Crippen molar-refractivity contribution in [1.82, 2.24) is 19.9 Å². The molecule has 2 heterocycles. The van der Waals surface area contributed by atoms with Gasteiger partial charge in [0.15, 0.2) is 0 Å². The summed E-state index contributed by atoms with van der Waals surface area (Å²) >= 11 is 0. The molecule has 0 aliphatic heterocycles. The van der Waals surface area contributed by atoms with Crippen LogP contribution in [-0.4, -0.2) is 14.5 Å². The monoisotopic (exact) mass is 244 g/mol. The molecular formula is C14H20N4. The van der Waals surface area contributed by atoms with Crippen molar-refractivity contribution >= 4 is 0 Å². The molecule has 18 heavy (non-hydrogen) atoms. The van der Waals surface area contributed by atoms with Crippen LogP contribution in [0.3, 0.4) is 0 Å². The summed E-state index contributed by atoms with van der Waals surface area (Å²) in [6, 6.07) is 4.35. The predicted molar refractivity (Wildman–Crippen MR) is 72.0 cm³/mol. The number of aryl methyl sites for hydroxylation is 1. The maximum Gasteiger partial charge on any atom is 0.0948 e. The normalized spacial score (nSPS) is 12.6. The second-order valence-corrected chi connectivity index (χ2v) is 4.47. The lowest BCUT2D eigenvalue weighted by atomic mass is 10.1. The molecule has 0 saturated heterocycles. The number of aromatic nitrogens is 3. The van der Waals surface area contributed by atoms with Crippen LogP contribution in [0.25, 0.3) is 0 Å². The van der Waals surface area contributed by atoms with Crippen LogP contribution in [0.5, 0.6) is 0 Å². The molecular weight excluding hydrogens is 224 g/mol. The summed E-state index contributed by atoms with van der Waals surface area (Å²) in [6.07, 6.45) is 8.66. The number of rotatable bonds is 6. The maximum absolute atomic E-state index is 4.20. The van der Waals surface area contributed by atoms with Crippen molar-refractivity contribution < 1.29 is 0 Å². The van der Waals surface area contributed by atoms with Gasteiger partial charge in [-0.1, -0.05) is 13.0 Å². The Morgan fingerprint density at radius 2 is 2.22 bits per heavy atom. The first-order valence-corrected chi connectivity index (χ1v) is 6.43. The van der Waals surface area contributed by atoms with Crippen LogP contribution >= 0.6 is 0 Å². The Bertz CT molecular complexity index is 464. The Labute approximate surface area is 108 Å². The quantitative estimate of drug-likeness (QED) is 0.849. The van der Waals surface area contributed by atoms with Crippen molar-refractivity contribution in [1.29, 1.82) is 0 Å². The van der Waals surface area contributed by atoms with Crippen LogP contribution in [-0.2, 0) is 13.1 Å². The lowest BCUT2D eigenvalue weighted by molar-refractivity contribution is 0.540. The molecule has 96 valence electrons. The first kappa shape index (κ1) is 12.8. The number of hydrogen-bond acceptors (Lipinski definition) is 3. The van der Waals surface area contributed by atoms with Crippen molar-refractivity contribution in [3.05, 3.63) is 48.3 Å². The fourth-order valence-corrected chi connectivity index (χ4v) is 1.95. The summed E-state index contributed by atoms with van der Waals surface area (Å²) in [6.45, 7) is 6.18. The minimum absolute atomic E-state index is 0.295. The smallest absolute Gasteiger partial charge is 0.0948 e. The van der Waals surface area contributed by atoms with E-state index in [1.165, 1.54) is 11.3 Å². The Morgan fingerprint density at radius 3 is 2.94 bits per heavy atom.